The zero-order valence-electron chi connectivity index (χ0n) is 31.9. The first-order chi connectivity index (χ1) is 26.1. The third kappa shape index (κ3) is 5.07. The lowest BCUT2D eigenvalue weighted by atomic mass is 9.21. The van der Waals surface area contributed by atoms with E-state index >= 15 is 0 Å². The molecule has 1 aliphatic heterocycles. The van der Waals surface area contributed by atoms with Crippen LogP contribution in [0, 0.1) is 0 Å². The maximum absolute atomic E-state index is 2.56. The molecule has 260 valence electrons. The molecular formula is C50H43B2NS. The molecule has 0 atom stereocenters. The molecule has 1 aliphatic rings. The van der Waals surface area contributed by atoms with Gasteiger partial charge in [0.2, 0.25) is 13.4 Å². The quantitative estimate of drug-likeness (QED) is 0.161. The number of fused-ring (bicyclic) bond motifs is 8. The fourth-order valence-electron chi connectivity index (χ4n) is 9.27. The van der Waals surface area contributed by atoms with Gasteiger partial charge < -0.3 is 4.57 Å². The number of aromatic nitrogens is 1. The molecule has 0 fully saturated rings. The molecule has 2 aromatic heterocycles. The Hall–Kier alpha value is -5.31. The summed E-state index contributed by atoms with van der Waals surface area (Å²) in [5, 5.41) is 5.35. The van der Waals surface area contributed by atoms with Gasteiger partial charge in [0.05, 0.1) is 16.7 Å². The summed E-state index contributed by atoms with van der Waals surface area (Å²) >= 11 is 1.92. The maximum Gasteiger partial charge on any atom is 0.240 e. The normalized spacial score (nSPS) is 13.3. The van der Waals surface area contributed by atoms with Gasteiger partial charge in [0.1, 0.15) is 0 Å². The van der Waals surface area contributed by atoms with Crippen LogP contribution in [0.15, 0.2) is 152 Å². The Labute approximate surface area is 323 Å². The zero-order valence-corrected chi connectivity index (χ0v) is 32.8. The van der Waals surface area contributed by atoms with E-state index in [4.69, 9.17) is 0 Å². The second-order valence-corrected chi connectivity index (χ2v) is 18.4. The third-order valence-corrected chi connectivity index (χ3v) is 13.1. The SMILES string of the molecule is CC(C)(C)c1ccc2c(c1)c1cc(C(C)(C)C)ccc1n2-c1cccc2sc3cccc(B4c5ccccc5B(c5ccccc5)c5ccccc54)c3c12. The second-order valence-electron chi connectivity index (χ2n) is 17.3. The molecule has 10 rings (SSSR count). The smallest absolute Gasteiger partial charge is 0.240 e. The van der Waals surface area contributed by atoms with E-state index in [1.165, 1.54) is 91.6 Å². The van der Waals surface area contributed by atoms with Crippen molar-refractivity contribution >= 4 is 99.5 Å². The minimum Gasteiger partial charge on any atom is -0.309 e. The summed E-state index contributed by atoms with van der Waals surface area (Å²) in [6.45, 7) is 14.2. The Morgan fingerprint density at radius 1 is 0.426 bits per heavy atom. The lowest BCUT2D eigenvalue weighted by Gasteiger charge is -2.32. The fourth-order valence-corrected chi connectivity index (χ4v) is 10.4. The van der Waals surface area contributed by atoms with E-state index in [0.717, 1.165) is 0 Å². The van der Waals surface area contributed by atoms with Crippen molar-refractivity contribution < 1.29 is 0 Å². The first-order valence-electron chi connectivity index (χ1n) is 19.3. The molecule has 0 N–H and O–H groups in total. The topological polar surface area (TPSA) is 4.93 Å². The van der Waals surface area contributed by atoms with Crippen molar-refractivity contribution in [3.8, 4) is 5.69 Å². The molecule has 0 radical (unpaired) electrons. The van der Waals surface area contributed by atoms with Crippen molar-refractivity contribution in [1.29, 1.82) is 0 Å². The molecule has 54 heavy (non-hydrogen) atoms. The number of thiophene rings is 1. The standard InChI is InChI=1S/C50H43B2NS/c1-49(2,3)32-26-28-42-35(30-32)36-31-33(50(4,5)6)27-29-43(36)53(42)44-23-15-25-46-48(44)47-41(22-14-24-45(47)54-46)52-39-20-12-10-18-37(39)51(34-16-8-7-9-17-34)38-19-11-13-21-40(38)52/h7-31H,1-6H3. The highest BCUT2D eigenvalue weighted by Crippen LogP contribution is 2.42. The minimum absolute atomic E-state index is 0.0504. The van der Waals surface area contributed by atoms with Crippen LogP contribution in [-0.2, 0) is 10.8 Å². The van der Waals surface area contributed by atoms with Crippen LogP contribution in [0.5, 0.6) is 0 Å². The first-order valence-corrected chi connectivity index (χ1v) is 20.2. The van der Waals surface area contributed by atoms with E-state index in [1.807, 2.05) is 11.3 Å². The van der Waals surface area contributed by atoms with Gasteiger partial charge in [0, 0.05) is 25.6 Å². The van der Waals surface area contributed by atoms with Gasteiger partial charge in [-0.15, -0.1) is 11.3 Å². The van der Waals surface area contributed by atoms with Crippen LogP contribution in [0.4, 0.5) is 0 Å². The Balaban J connectivity index is 1.28. The molecule has 0 saturated heterocycles. The average Bonchev–Trinajstić information content (AvgIpc) is 3.72. The van der Waals surface area contributed by atoms with Crippen LogP contribution in [0.3, 0.4) is 0 Å². The molecule has 7 aromatic carbocycles. The zero-order chi connectivity index (χ0) is 36.9. The largest absolute Gasteiger partial charge is 0.309 e. The second kappa shape index (κ2) is 12.1. The summed E-state index contributed by atoms with van der Waals surface area (Å²) in [5.74, 6) is 0. The van der Waals surface area contributed by atoms with E-state index < -0.39 is 0 Å². The molecule has 4 heteroatoms. The van der Waals surface area contributed by atoms with Gasteiger partial charge in [0.25, 0.3) is 0 Å². The molecule has 0 bridgehead atoms. The van der Waals surface area contributed by atoms with E-state index in [1.54, 1.807) is 0 Å². The van der Waals surface area contributed by atoms with Gasteiger partial charge in [-0.2, -0.15) is 0 Å². The van der Waals surface area contributed by atoms with Gasteiger partial charge >= 0.3 is 0 Å². The summed E-state index contributed by atoms with van der Waals surface area (Å²) in [5.41, 5.74) is 14.9. The Morgan fingerprint density at radius 2 is 0.889 bits per heavy atom. The summed E-state index contributed by atoms with van der Waals surface area (Å²) in [6, 6.07) is 57.7. The van der Waals surface area contributed by atoms with E-state index in [-0.39, 0.29) is 24.3 Å². The van der Waals surface area contributed by atoms with Gasteiger partial charge in [0.15, 0.2) is 0 Å². The van der Waals surface area contributed by atoms with Crippen LogP contribution >= 0.6 is 11.3 Å². The number of rotatable bonds is 3. The predicted molar refractivity (Wildman–Crippen MR) is 240 cm³/mol. The van der Waals surface area contributed by atoms with Crippen LogP contribution in [0.25, 0.3) is 47.7 Å². The lowest BCUT2D eigenvalue weighted by molar-refractivity contribution is 0.590. The summed E-state index contributed by atoms with van der Waals surface area (Å²) in [6.07, 6.45) is 0. The molecule has 3 heterocycles. The van der Waals surface area contributed by atoms with Crippen molar-refractivity contribution in [3.05, 3.63) is 163 Å². The van der Waals surface area contributed by atoms with Crippen molar-refractivity contribution in [2.24, 2.45) is 0 Å². The molecule has 0 spiro atoms. The summed E-state index contributed by atoms with van der Waals surface area (Å²) in [4.78, 5) is 0. The molecule has 0 saturated carbocycles. The van der Waals surface area contributed by atoms with Crippen LogP contribution in [0.1, 0.15) is 52.7 Å². The number of nitrogens with zero attached hydrogens (tertiary/aromatic N) is 1. The highest BCUT2D eigenvalue weighted by atomic mass is 32.1. The first kappa shape index (κ1) is 33.3. The maximum atomic E-state index is 2.56. The van der Waals surface area contributed by atoms with Crippen LogP contribution in [-0.4, -0.2) is 18.0 Å². The fraction of sp³-hybridized carbons (Fsp3) is 0.160. The van der Waals surface area contributed by atoms with E-state index in [9.17, 15) is 0 Å². The highest BCUT2D eigenvalue weighted by Gasteiger charge is 2.39. The van der Waals surface area contributed by atoms with Gasteiger partial charge in [-0.25, -0.2) is 0 Å². The number of benzene rings is 7. The number of hydrogen-bond acceptors (Lipinski definition) is 1. The summed E-state index contributed by atoms with van der Waals surface area (Å²) < 4.78 is 5.21. The van der Waals surface area contributed by atoms with Crippen molar-refractivity contribution in [3.63, 3.8) is 0 Å². The monoisotopic (exact) mass is 711 g/mol. The van der Waals surface area contributed by atoms with Crippen molar-refractivity contribution in [2.45, 2.75) is 52.4 Å². The average molecular weight is 712 g/mol. The minimum atomic E-state index is 0.0504. The Kier molecular flexibility index (Phi) is 7.46. The number of hydrogen-bond donors (Lipinski definition) is 0. The molecular weight excluding hydrogens is 668 g/mol. The Morgan fingerprint density at radius 3 is 1.43 bits per heavy atom. The van der Waals surface area contributed by atoms with Gasteiger partial charge in [-0.1, -0.05) is 184 Å². The highest BCUT2D eigenvalue weighted by molar-refractivity contribution is 7.26. The van der Waals surface area contributed by atoms with Crippen LogP contribution in [0.2, 0.25) is 0 Å². The van der Waals surface area contributed by atoms with E-state index in [0.29, 0.717) is 0 Å². The lowest BCUT2D eigenvalue weighted by Crippen LogP contribution is -2.74. The molecule has 0 amide bonds. The predicted octanol–water partition coefficient (Wildman–Crippen LogP) is 9.09. The molecule has 9 aromatic rings. The van der Waals surface area contributed by atoms with E-state index in [2.05, 4.69) is 198 Å². The summed E-state index contributed by atoms with van der Waals surface area (Å²) in [7, 11) is 0. The van der Waals surface area contributed by atoms with Gasteiger partial charge in [-0.05, 0) is 69.8 Å². The van der Waals surface area contributed by atoms with Gasteiger partial charge in [-0.3, -0.25) is 0 Å². The molecule has 0 aliphatic carbocycles. The van der Waals surface area contributed by atoms with Crippen molar-refractivity contribution in [1.82, 2.24) is 4.57 Å². The van der Waals surface area contributed by atoms with Crippen molar-refractivity contribution in [2.75, 3.05) is 0 Å². The Bertz CT molecular complexity index is 2800. The third-order valence-electron chi connectivity index (χ3n) is 12.0. The molecule has 0 unspecified atom stereocenters. The molecule has 1 nitrogen and oxygen atoms in total. The van der Waals surface area contributed by atoms with Crippen LogP contribution < -0.4 is 32.8 Å².